The van der Waals surface area contributed by atoms with E-state index in [2.05, 4.69) is 22.2 Å². The Bertz CT molecular complexity index is 819. The van der Waals surface area contributed by atoms with Gasteiger partial charge in [0.1, 0.15) is 17.2 Å². The molecular formula is C19H21FN4O2. The molecule has 0 saturated carbocycles. The van der Waals surface area contributed by atoms with E-state index in [1.165, 1.54) is 12.1 Å². The van der Waals surface area contributed by atoms with Crippen LogP contribution in [0.1, 0.15) is 36.0 Å². The van der Waals surface area contributed by atoms with Gasteiger partial charge in [-0.2, -0.15) is 0 Å². The molecule has 1 saturated heterocycles. The van der Waals surface area contributed by atoms with Gasteiger partial charge in [-0.1, -0.05) is 19.1 Å². The Hall–Kier alpha value is -2.54. The first-order valence-electron chi connectivity index (χ1n) is 8.86. The number of amides is 2. The van der Waals surface area contributed by atoms with Crippen LogP contribution >= 0.6 is 0 Å². The molecule has 26 heavy (non-hydrogen) atoms. The second-order valence-electron chi connectivity index (χ2n) is 6.82. The summed E-state index contributed by atoms with van der Waals surface area (Å²) in [5.74, 6) is 0.561. The van der Waals surface area contributed by atoms with Crippen molar-refractivity contribution in [3.05, 3.63) is 58.9 Å². The third kappa shape index (κ3) is 3.03. The van der Waals surface area contributed by atoms with Crippen LogP contribution in [0.3, 0.4) is 0 Å². The minimum absolute atomic E-state index is 0.152. The fourth-order valence-corrected chi connectivity index (χ4v) is 3.44. The van der Waals surface area contributed by atoms with Crippen LogP contribution in [0, 0.1) is 5.82 Å². The molecule has 2 amide bonds. The number of nitrogens with one attached hydrogen (secondary N) is 1. The highest BCUT2D eigenvalue weighted by molar-refractivity contribution is 5.75. The number of aryl methyl sites for hydroxylation is 1. The number of carbonyl (C=O) groups is 1. The zero-order chi connectivity index (χ0) is 18.1. The van der Waals surface area contributed by atoms with Gasteiger partial charge in [0, 0.05) is 24.7 Å². The normalized spacial score (nSPS) is 17.1. The summed E-state index contributed by atoms with van der Waals surface area (Å²) in [6.07, 6.45) is 3.72. The minimum Gasteiger partial charge on any atom is -0.360 e. The van der Waals surface area contributed by atoms with Crippen LogP contribution < -0.4 is 5.32 Å². The number of urea groups is 1. The van der Waals surface area contributed by atoms with E-state index in [-0.39, 0.29) is 11.8 Å². The standard InChI is InChI=1S/C19H21FN4O2/c1-2-3-17-21-9-15-16(23-17)10-26-19(15)11-24(12-19)18(25)22-8-13-4-6-14(20)7-5-13/h4-7,9H,2-3,8,10-12H2,1H3,(H,22,25). The highest BCUT2D eigenvalue weighted by Crippen LogP contribution is 2.42. The van der Waals surface area contributed by atoms with Crippen LogP contribution in [0.15, 0.2) is 30.5 Å². The Morgan fingerprint density at radius 3 is 2.85 bits per heavy atom. The summed E-state index contributed by atoms with van der Waals surface area (Å²) in [5, 5.41) is 2.85. The summed E-state index contributed by atoms with van der Waals surface area (Å²) in [7, 11) is 0. The van der Waals surface area contributed by atoms with E-state index < -0.39 is 5.60 Å². The molecule has 1 aromatic heterocycles. The van der Waals surface area contributed by atoms with E-state index in [0.29, 0.717) is 26.2 Å². The van der Waals surface area contributed by atoms with Crippen LogP contribution in [0.4, 0.5) is 9.18 Å². The molecule has 0 bridgehead atoms. The molecule has 6 nitrogen and oxygen atoms in total. The SMILES string of the molecule is CCCc1ncc2c(n1)COC21CN(C(=O)NCc2ccc(F)cc2)C1. The first-order chi connectivity index (χ1) is 12.6. The van der Waals surface area contributed by atoms with Crippen molar-refractivity contribution in [2.45, 2.75) is 38.5 Å². The smallest absolute Gasteiger partial charge is 0.317 e. The molecule has 1 N–H and O–H groups in total. The van der Waals surface area contributed by atoms with Crippen molar-refractivity contribution in [3.8, 4) is 0 Å². The van der Waals surface area contributed by atoms with Gasteiger partial charge in [-0.25, -0.2) is 19.2 Å². The third-order valence-corrected chi connectivity index (χ3v) is 4.90. The second-order valence-corrected chi connectivity index (χ2v) is 6.82. The van der Waals surface area contributed by atoms with E-state index in [0.717, 1.165) is 35.5 Å². The molecule has 7 heteroatoms. The number of aromatic nitrogens is 2. The Morgan fingerprint density at radius 1 is 1.35 bits per heavy atom. The average molecular weight is 356 g/mol. The van der Waals surface area contributed by atoms with Crippen molar-refractivity contribution in [2.24, 2.45) is 0 Å². The lowest BCUT2D eigenvalue weighted by atomic mass is 9.88. The molecule has 1 fully saturated rings. The summed E-state index contributed by atoms with van der Waals surface area (Å²) in [6.45, 7) is 3.92. The fraction of sp³-hybridized carbons (Fsp3) is 0.421. The summed E-state index contributed by atoms with van der Waals surface area (Å²) in [4.78, 5) is 23.0. The summed E-state index contributed by atoms with van der Waals surface area (Å²) in [5.41, 5.74) is 2.33. The number of hydrogen-bond donors (Lipinski definition) is 1. The highest BCUT2D eigenvalue weighted by atomic mass is 19.1. The van der Waals surface area contributed by atoms with E-state index in [1.807, 2.05) is 6.20 Å². The molecule has 1 spiro atoms. The molecule has 0 radical (unpaired) electrons. The maximum absolute atomic E-state index is 12.9. The lowest BCUT2D eigenvalue weighted by Crippen LogP contribution is -2.63. The van der Waals surface area contributed by atoms with Gasteiger partial charge in [0.25, 0.3) is 0 Å². The monoisotopic (exact) mass is 356 g/mol. The van der Waals surface area contributed by atoms with E-state index in [4.69, 9.17) is 4.74 Å². The Morgan fingerprint density at radius 2 is 2.12 bits per heavy atom. The minimum atomic E-state index is -0.465. The zero-order valence-electron chi connectivity index (χ0n) is 14.7. The number of fused-ring (bicyclic) bond motifs is 2. The number of nitrogens with zero attached hydrogens (tertiary/aromatic N) is 3. The van der Waals surface area contributed by atoms with E-state index in [9.17, 15) is 9.18 Å². The number of rotatable bonds is 4. The van der Waals surface area contributed by atoms with Crippen molar-refractivity contribution in [2.75, 3.05) is 13.1 Å². The van der Waals surface area contributed by atoms with E-state index >= 15 is 0 Å². The van der Waals surface area contributed by atoms with Gasteiger partial charge < -0.3 is 15.0 Å². The fourth-order valence-electron chi connectivity index (χ4n) is 3.44. The predicted molar refractivity (Wildman–Crippen MR) is 92.7 cm³/mol. The largest absolute Gasteiger partial charge is 0.360 e. The first-order valence-corrected chi connectivity index (χ1v) is 8.86. The van der Waals surface area contributed by atoms with Crippen molar-refractivity contribution >= 4 is 6.03 Å². The quantitative estimate of drug-likeness (QED) is 0.914. The Labute approximate surface area is 151 Å². The van der Waals surface area contributed by atoms with Gasteiger partial charge in [-0.3, -0.25) is 0 Å². The predicted octanol–water partition coefficient (Wildman–Crippen LogP) is 2.52. The summed E-state index contributed by atoms with van der Waals surface area (Å²) >= 11 is 0. The maximum atomic E-state index is 12.9. The molecule has 3 heterocycles. The molecule has 2 aliphatic rings. The van der Waals surface area contributed by atoms with Crippen molar-refractivity contribution in [1.29, 1.82) is 0 Å². The Balaban J connectivity index is 1.35. The molecular weight excluding hydrogens is 335 g/mol. The summed E-state index contributed by atoms with van der Waals surface area (Å²) in [6, 6.07) is 5.94. The highest BCUT2D eigenvalue weighted by Gasteiger charge is 2.52. The van der Waals surface area contributed by atoms with Gasteiger partial charge in [0.2, 0.25) is 0 Å². The van der Waals surface area contributed by atoms with Crippen molar-refractivity contribution in [1.82, 2.24) is 20.2 Å². The molecule has 2 aliphatic heterocycles. The maximum Gasteiger partial charge on any atom is 0.317 e. The average Bonchev–Trinajstić information content (AvgIpc) is 2.99. The van der Waals surface area contributed by atoms with Crippen LogP contribution in [0.5, 0.6) is 0 Å². The zero-order valence-corrected chi connectivity index (χ0v) is 14.7. The molecule has 0 unspecified atom stereocenters. The molecule has 0 aliphatic carbocycles. The lowest BCUT2D eigenvalue weighted by Gasteiger charge is -2.46. The van der Waals surface area contributed by atoms with Gasteiger partial charge >= 0.3 is 6.03 Å². The molecule has 1 aromatic carbocycles. The van der Waals surface area contributed by atoms with Crippen molar-refractivity contribution < 1.29 is 13.9 Å². The van der Waals surface area contributed by atoms with Crippen LogP contribution in [0.25, 0.3) is 0 Å². The second kappa shape index (κ2) is 6.64. The number of hydrogen-bond acceptors (Lipinski definition) is 4. The Kier molecular flexibility index (Phi) is 4.32. The van der Waals surface area contributed by atoms with Crippen LogP contribution in [-0.4, -0.2) is 34.0 Å². The third-order valence-electron chi connectivity index (χ3n) is 4.90. The van der Waals surface area contributed by atoms with Gasteiger partial charge in [0.05, 0.1) is 25.4 Å². The number of likely N-dealkylation sites (tertiary alicyclic amines) is 1. The number of halogens is 1. The first kappa shape index (κ1) is 16.9. The lowest BCUT2D eigenvalue weighted by molar-refractivity contribution is -0.124. The molecule has 136 valence electrons. The van der Waals surface area contributed by atoms with Gasteiger partial charge in [-0.15, -0.1) is 0 Å². The molecule has 2 aromatic rings. The molecule has 4 rings (SSSR count). The van der Waals surface area contributed by atoms with Gasteiger partial charge in [-0.05, 0) is 24.1 Å². The number of ether oxygens (including phenoxy) is 1. The topological polar surface area (TPSA) is 67.4 Å². The van der Waals surface area contributed by atoms with E-state index in [1.54, 1.807) is 17.0 Å². The summed E-state index contributed by atoms with van der Waals surface area (Å²) < 4.78 is 18.9. The number of benzene rings is 1. The van der Waals surface area contributed by atoms with Crippen LogP contribution in [0.2, 0.25) is 0 Å². The number of carbonyl (C=O) groups excluding carboxylic acids is 1. The van der Waals surface area contributed by atoms with Crippen molar-refractivity contribution in [3.63, 3.8) is 0 Å². The van der Waals surface area contributed by atoms with Gasteiger partial charge in [0.15, 0.2) is 0 Å². The van der Waals surface area contributed by atoms with Crippen LogP contribution in [-0.2, 0) is 29.9 Å². The molecule has 0 atom stereocenters.